The molecule has 2 heteroatoms. The van der Waals surface area contributed by atoms with Crippen LogP contribution in [0.15, 0.2) is 42.0 Å². The van der Waals surface area contributed by atoms with E-state index >= 15 is 0 Å². The van der Waals surface area contributed by atoms with E-state index in [1.165, 1.54) is 5.57 Å². The van der Waals surface area contributed by atoms with Crippen molar-refractivity contribution in [3.63, 3.8) is 0 Å². The van der Waals surface area contributed by atoms with Crippen LogP contribution in [0.5, 0.6) is 0 Å². The molecule has 0 saturated heterocycles. The number of allylic oxidation sites excluding steroid dienone is 1. The molecule has 0 bridgehead atoms. The van der Waals surface area contributed by atoms with Gasteiger partial charge in [0.25, 0.3) is 0 Å². The molecule has 1 nitrogen and oxygen atoms in total. The number of rotatable bonds is 4. The highest BCUT2D eigenvalue weighted by Gasteiger charge is 2.39. The van der Waals surface area contributed by atoms with E-state index in [4.69, 9.17) is 4.43 Å². The summed E-state index contributed by atoms with van der Waals surface area (Å²) in [5.41, 5.74) is 2.33. The quantitative estimate of drug-likeness (QED) is 0.388. The van der Waals surface area contributed by atoms with E-state index in [2.05, 4.69) is 65.6 Å². The highest BCUT2D eigenvalue weighted by molar-refractivity contribution is 6.74. The zero-order valence-corrected chi connectivity index (χ0v) is 16.2. The lowest BCUT2D eigenvalue weighted by Gasteiger charge is -2.39. The van der Waals surface area contributed by atoms with Crippen LogP contribution in [0.1, 0.15) is 46.6 Å². The van der Waals surface area contributed by atoms with Gasteiger partial charge in [0, 0.05) is 12.0 Å². The van der Waals surface area contributed by atoms with E-state index in [1.807, 2.05) is 30.3 Å². The van der Waals surface area contributed by atoms with Crippen molar-refractivity contribution in [3.8, 4) is 11.8 Å². The van der Waals surface area contributed by atoms with Gasteiger partial charge in [-0.05, 0) is 49.7 Å². The zero-order chi connectivity index (χ0) is 16.8. The lowest BCUT2D eigenvalue weighted by Crippen LogP contribution is -2.44. The van der Waals surface area contributed by atoms with Crippen molar-refractivity contribution in [3.05, 3.63) is 47.5 Å². The Morgan fingerprint density at radius 3 is 2.32 bits per heavy atom. The maximum absolute atomic E-state index is 6.56. The van der Waals surface area contributed by atoms with Crippen molar-refractivity contribution in [2.75, 3.05) is 0 Å². The molecule has 1 aromatic carbocycles. The zero-order valence-electron chi connectivity index (χ0n) is 15.2. The molecular formula is C20H30OSi. The Hall–Kier alpha value is -1.30. The minimum Gasteiger partial charge on any atom is -0.409 e. The SMILES string of the molecule is C/C=C(\C)C(CC#Cc1ccccc1)O[Si](C)(C)C(C)(C)C. The predicted octanol–water partition coefficient (Wildman–Crippen LogP) is 5.78. The summed E-state index contributed by atoms with van der Waals surface area (Å²) < 4.78 is 6.56. The van der Waals surface area contributed by atoms with Crippen molar-refractivity contribution in [1.82, 2.24) is 0 Å². The molecule has 120 valence electrons. The van der Waals surface area contributed by atoms with Crippen LogP contribution < -0.4 is 0 Å². The standard InChI is InChI=1S/C20H30OSi/c1-8-17(2)19(21-22(6,7)20(3,4)5)16-12-15-18-13-10-9-11-14-18/h8-11,13-14,19H,16H2,1-7H3/b17-8+. The molecule has 1 unspecified atom stereocenters. The van der Waals surface area contributed by atoms with Crippen LogP contribution in [0.2, 0.25) is 18.1 Å². The van der Waals surface area contributed by atoms with Crippen LogP contribution in [0.3, 0.4) is 0 Å². The summed E-state index contributed by atoms with van der Waals surface area (Å²) in [6.45, 7) is 15.6. The van der Waals surface area contributed by atoms with Crippen LogP contribution in [-0.2, 0) is 4.43 Å². The molecule has 0 aliphatic heterocycles. The molecule has 0 radical (unpaired) electrons. The first-order valence-corrected chi connectivity index (χ1v) is 10.9. The van der Waals surface area contributed by atoms with Crippen LogP contribution in [0, 0.1) is 11.8 Å². The Morgan fingerprint density at radius 2 is 1.82 bits per heavy atom. The van der Waals surface area contributed by atoms with Gasteiger partial charge < -0.3 is 4.43 Å². The molecule has 0 fully saturated rings. The average molecular weight is 315 g/mol. The number of hydrogen-bond acceptors (Lipinski definition) is 1. The molecule has 22 heavy (non-hydrogen) atoms. The molecule has 1 atom stereocenters. The van der Waals surface area contributed by atoms with Crippen molar-refractivity contribution >= 4 is 8.32 Å². The second-order valence-corrected chi connectivity index (χ2v) is 12.0. The first-order chi connectivity index (χ1) is 10.2. The molecule has 0 saturated carbocycles. The minimum absolute atomic E-state index is 0.0992. The molecule has 0 spiro atoms. The van der Waals surface area contributed by atoms with Gasteiger partial charge in [0.15, 0.2) is 8.32 Å². The fraction of sp³-hybridized carbons (Fsp3) is 0.500. The molecule has 0 aliphatic carbocycles. The van der Waals surface area contributed by atoms with Gasteiger partial charge in [-0.1, -0.05) is 56.9 Å². The van der Waals surface area contributed by atoms with Crippen molar-refractivity contribution in [2.24, 2.45) is 0 Å². The van der Waals surface area contributed by atoms with Crippen LogP contribution >= 0.6 is 0 Å². The smallest absolute Gasteiger partial charge is 0.192 e. The van der Waals surface area contributed by atoms with Gasteiger partial charge in [0.05, 0.1) is 6.10 Å². The first-order valence-electron chi connectivity index (χ1n) is 8.02. The summed E-state index contributed by atoms with van der Waals surface area (Å²) in [7, 11) is -1.78. The highest BCUT2D eigenvalue weighted by Crippen LogP contribution is 2.38. The van der Waals surface area contributed by atoms with E-state index in [-0.39, 0.29) is 11.1 Å². The van der Waals surface area contributed by atoms with Crippen molar-refractivity contribution < 1.29 is 4.43 Å². The Labute approximate surface area is 137 Å². The lowest BCUT2D eigenvalue weighted by atomic mass is 10.1. The van der Waals surface area contributed by atoms with Crippen molar-refractivity contribution in [1.29, 1.82) is 0 Å². The summed E-state index contributed by atoms with van der Waals surface area (Å²) in [6, 6.07) is 10.1. The van der Waals surface area contributed by atoms with E-state index in [0.29, 0.717) is 0 Å². The van der Waals surface area contributed by atoms with Gasteiger partial charge in [0.1, 0.15) is 0 Å². The van der Waals surface area contributed by atoms with Gasteiger partial charge in [-0.15, -0.1) is 0 Å². The second-order valence-electron chi connectivity index (χ2n) is 7.27. The summed E-state index contributed by atoms with van der Waals surface area (Å²) in [5, 5.41) is 0.214. The van der Waals surface area contributed by atoms with Gasteiger partial charge in [-0.2, -0.15) is 0 Å². The molecule has 0 N–H and O–H groups in total. The molecular weight excluding hydrogens is 284 g/mol. The highest BCUT2D eigenvalue weighted by atomic mass is 28.4. The second kappa shape index (κ2) is 7.81. The first kappa shape index (κ1) is 18.7. The molecule has 0 amide bonds. The summed E-state index contributed by atoms with van der Waals surface area (Å²) in [4.78, 5) is 0. The fourth-order valence-corrected chi connectivity index (χ4v) is 3.12. The predicted molar refractivity (Wildman–Crippen MR) is 99.4 cm³/mol. The van der Waals surface area contributed by atoms with Gasteiger partial charge >= 0.3 is 0 Å². The third kappa shape index (κ3) is 5.48. The largest absolute Gasteiger partial charge is 0.409 e. The maximum Gasteiger partial charge on any atom is 0.192 e. The maximum atomic E-state index is 6.56. The topological polar surface area (TPSA) is 9.23 Å². The van der Waals surface area contributed by atoms with Crippen molar-refractivity contribution in [2.45, 2.75) is 65.3 Å². The number of hydrogen-bond donors (Lipinski definition) is 0. The van der Waals surface area contributed by atoms with Gasteiger partial charge in [0.2, 0.25) is 0 Å². The molecule has 0 aromatic heterocycles. The molecule has 1 aromatic rings. The van der Waals surface area contributed by atoms with E-state index in [1.54, 1.807) is 0 Å². The third-order valence-electron chi connectivity index (χ3n) is 4.50. The monoisotopic (exact) mass is 314 g/mol. The Balaban J connectivity index is 2.86. The van der Waals surface area contributed by atoms with Crippen LogP contribution in [-0.4, -0.2) is 14.4 Å². The summed E-state index contributed by atoms with van der Waals surface area (Å²) in [6.07, 6.45) is 2.99. The van der Waals surface area contributed by atoms with E-state index in [0.717, 1.165) is 12.0 Å². The average Bonchev–Trinajstić information content (AvgIpc) is 2.45. The number of benzene rings is 1. The molecule has 1 rings (SSSR count). The lowest BCUT2D eigenvalue weighted by molar-refractivity contribution is 0.218. The normalized spacial score (nSPS) is 14.2. The summed E-state index contributed by atoms with van der Waals surface area (Å²) in [5.74, 6) is 6.53. The Morgan fingerprint density at radius 1 is 1.23 bits per heavy atom. The fourth-order valence-electron chi connectivity index (χ4n) is 1.78. The molecule has 0 aliphatic rings. The molecule has 0 heterocycles. The third-order valence-corrected chi connectivity index (χ3v) is 8.99. The van der Waals surface area contributed by atoms with Gasteiger partial charge in [-0.3, -0.25) is 0 Å². The van der Waals surface area contributed by atoms with E-state index < -0.39 is 8.32 Å². The minimum atomic E-state index is -1.78. The summed E-state index contributed by atoms with van der Waals surface area (Å²) >= 11 is 0. The van der Waals surface area contributed by atoms with Crippen LogP contribution in [0.4, 0.5) is 0 Å². The van der Waals surface area contributed by atoms with Crippen LogP contribution in [0.25, 0.3) is 0 Å². The van der Waals surface area contributed by atoms with Gasteiger partial charge in [-0.25, -0.2) is 0 Å². The van der Waals surface area contributed by atoms with E-state index in [9.17, 15) is 0 Å². The Bertz CT molecular complexity index is 553. The Kier molecular flexibility index (Phi) is 6.65.